The molecule has 0 bridgehead atoms. The molecule has 29 heavy (non-hydrogen) atoms. The van der Waals surface area contributed by atoms with Crippen molar-refractivity contribution in [2.45, 2.75) is 12.8 Å². The second kappa shape index (κ2) is 8.32. The van der Waals surface area contributed by atoms with Gasteiger partial charge in [0.25, 0.3) is 0 Å². The summed E-state index contributed by atoms with van der Waals surface area (Å²) >= 11 is 0. The quantitative estimate of drug-likeness (QED) is 0.550. The Kier molecular flexibility index (Phi) is 5.84. The lowest BCUT2D eigenvalue weighted by molar-refractivity contribution is -0.116. The first kappa shape index (κ1) is 20.3. The number of amides is 1. The van der Waals surface area contributed by atoms with Gasteiger partial charge in [0.2, 0.25) is 15.9 Å². The molecule has 1 amide bonds. The van der Waals surface area contributed by atoms with Gasteiger partial charge in [0.15, 0.2) is 0 Å². The van der Waals surface area contributed by atoms with Crippen LogP contribution in [0.3, 0.4) is 0 Å². The van der Waals surface area contributed by atoms with Crippen molar-refractivity contribution in [2.75, 3.05) is 16.3 Å². The molecule has 0 heterocycles. The van der Waals surface area contributed by atoms with Crippen molar-refractivity contribution >= 4 is 44.0 Å². The summed E-state index contributed by atoms with van der Waals surface area (Å²) in [4.78, 5) is 23.5. The molecular weight excluding hydrogens is 392 g/mol. The zero-order chi connectivity index (χ0) is 21.0. The third-order valence-electron chi connectivity index (χ3n) is 4.28. The SMILES string of the molecule is CS(=O)(=O)Nc1ccc2cc(CCC(=O)Nc3ccccc3C(=O)O)ccc2c1. The molecule has 0 aromatic heterocycles. The second-order valence-electron chi connectivity index (χ2n) is 6.67. The van der Waals surface area contributed by atoms with Gasteiger partial charge < -0.3 is 10.4 Å². The van der Waals surface area contributed by atoms with Gasteiger partial charge in [0.1, 0.15) is 0 Å². The number of hydrogen-bond donors (Lipinski definition) is 3. The maximum absolute atomic E-state index is 12.2. The van der Waals surface area contributed by atoms with Gasteiger partial charge in [0, 0.05) is 12.1 Å². The number of nitrogens with one attached hydrogen (secondary N) is 2. The smallest absolute Gasteiger partial charge is 0.337 e. The first-order chi connectivity index (χ1) is 13.7. The number of aromatic carboxylic acids is 1. The van der Waals surface area contributed by atoms with Crippen LogP contribution in [0.25, 0.3) is 10.8 Å². The molecule has 0 saturated carbocycles. The van der Waals surface area contributed by atoms with Crippen molar-refractivity contribution in [3.8, 4) is 0 Å². The van der Waals surface area contributed by atoms with Gasteiger partial charge in [-0.05, 0) is 47.0 Å². The molecular formula is C21H20N2O5S. The number of aryl methyl sites for hydroxylation is 1. The number of benzene rings is 3. The van der Waals surface area contributed by atoms with E-state index in [0.717, 1.165) is 22.6 Å². The Morgan fingerprint density at radius 1 is 0.966 bits per heavy atom. The predicted octanol–water partition coefficient (Wildman–Crippen LogP) is 3.48. The number of anilines is 2. The highest BCUT2D eigenvalue weighted by atomic mass is 32.2. The van der Waals surface area contributed by atoms with Crippen LogP contribution in [0, 0.1) is 0 Å². The van der Waals surface area contributed by atoms with Crippen LogP contribution >= 0.6 is 0 Å². The lowest BCUT2D eigenvalue weighted by atomic mass is 10.0. The molecule has 0 aliphatic rings. The molecule has 0 aliphatic heterocycles. The fourth-order valence-corrected chi connectivity index (χ4v) is 3.53. The number of hydrogen-bond acceptors (Lipinski definition) is 4. The van der Waals surface area contributed by atoms with E-state index in [1.54, 1.807) is 30.3 Å². The molecule has 8 heteroatoms. The van der Waals surface area contributed by atoms with Crippen LogP contribution in [0.15, 0.2) is 60.7 Å². The molecule has 0 aliphatic carbocycles. The van der Waals surface area contributed by atoms with E-state index in [0.29, 0.717) is 12.1 Å². The van der Waals surface area contributed by atoms with Crippen LogP contribution in [0.5, 0.6) is 0 Å². The lowest BCUT2D eigenvalue weighted by Gasteiger charge is -2.09. The van der Waals surface area contributed by atoms with Crippen molar-refractivity contribution in [2.24, 2.45) is 0 Å². The second-order valence-corrected chi connectivity index (χ2v) is 8.42. The van der Waals surface area contributed by atoms with Crippen molar-refractivity contribution in [3.05, 3.63) is 71.8 Å². The van der Waals surface area contributed by atoms with Crippen LogP contribution in [-0.2, 0) is 21.2 Å². The summed E-state index contributed by atoms with van der Waals surface area (Å²) in [5.74, 6) is -1.37. The standard InChI is InChI=1S/C21H20N2O5S/c1-29(27,28)23-17-10-9-15-12-14(6-8-16(15)13-17)7-11-20(24)22-19-5-3-2-4-18(19)21(25)26/h2-6,8-10,12-13,23H,7,11H2,1H3,(H,22,24)(H,25,26). The molecule has 0 unspecified atom stereocenters. The van der Waals surface area contributed by atoms with E-state index in [1.807, 2.05) is 24.3 Å². The van der Waals surface area contributed by atoms with Gasteiger partial charge in [0.05, 0.1) is 17.5 Å². The van der Waals surface area contributed by atoms with Gasteiger partial charge in [-0.3, -0.25) is 9.52 Å². The first-order valence-electron chi connectivity index (χ1n) is 8.84. The number of para-hydroxylation sites is 1. The Morgan fingerprint density at radius 2 is 1.66 bits per heavy atom. The van der Waals surface area contributed by atoms with E-state index in [-0.39, 0.29) is 23.6 Å². The first-order valence-corrected chi connectivity index (χ1v) is 10.7. The molecule has 0 fully saturated rings. The summed E-state index contributed by atoms with van der Waals surface area (Å²) in [6.45, 7) is 0. The van der Waals surface area contributed by atoms with Crippen molar-refractivity contribution in [1.82, 2.24) is 0 Å². The lowest BCUT2D eigenvalue weighted by Crippen LogP contribution is -2.15. The Labute approximate surface area is 168 Å². The summed E-state index contributed by atoms with van der Waals surface area (Å²) < 4.78 is 25.1. The maximum atomic E-state index is 12.2. The number of fused-ring (bicyclic) bond motifs is 1. The van der Waals surface area contributed by atoms with E-state index < -0.39 is 16.0 Å². The summed E-state index contributed by atoms with van der Waals surface area (Å²) in [7, 11) is -3.34. The summed E-state index contributed by atoms with van der Waals surface area (Å²) in [5.41, 5.74) is 1.76. The predicted molar refractivity (Wildman–Crippen MR) is 113 cm³/mol. The van der Waals surface area contributed by atoms with Crippen LogP contribution < -0.4 is 10.0 Å². The fraction of sp³-hybridized carbons (Fsp3) is 0.143. The van der Waals surface area contributed by atoms with Crippen LogP contribution in [0.4, 0.5) is 11.4 Å². The number of carbonyl (C=O) groups is 2. The van der Waals surface area contributed by atoms with Crippen LogP contribution in [0.1, 0.15) is 22.3 Å². The Morgan fingerprint density at radius 3 is 2.38 bits per heavy atom. The molecule has 0 atom stereocenters. The number of rotatable bonds is 7. The zero-order valence-electron chi connectivity index (χ0n) is 15.7. The fourth-order valence-electron chi connectivity index (χ4n) is 2.98. The average Bonchev–Trinajstić information content (AvgIpc) is 2.65. The normalized spacial score (nSPS) is 11.2. The zero-order valence-corrected chi connectivity index (χ0v) is 16.5. The summed E-state index contributed by atoms with van der Waals surface area (Å²) in [6, 6.07) is 17.2. The molecule has 0 saturated heterocycles. The van der Waals surface area contributed by atoms with Gasteiger partial charge in [-0.2, -0.15) is 0 Å². The Hall–Kier alpha value is -3.39. The molecule has 3 rings (SSSR count). The van der Waals surface area contributed by atoms with E-state index >= 15 is 0 Å². The van der Waals surface area contributed by atoms with Gasteiger partial charge >= 0.3 is 5.97 Å². The molecule has 3 aromatic carbocycles. The number of carboxylic acid groups (broad SMARTS) is 1. The molecule has 7 nitrogen and oxygen atoms in total. The van der Waals surface area contributed by atoms with Crippen LogP contribution in [-0.4, -0.2) is 31.7 Å². The summed E-state index contributed by atoms with van der Waals surface area (Å²) in [5, 5.41) is 13.6. The highest BCUT2D eigenvalue weighted by molar-refractivity contribution is 7.92. The van der Waals surface area contributed by atoms with Crippen LogP contribution in [0.2, 0.25) is 0 Å². The van der Waals surface area contributed by atoms with E-state index in [4.69, 9.17) is 0 Å². The molecule has 3 N–H and O–H groups in total. The van der Waals surface area contributed by atoms with Gasteiger partial charge in [-0.1, -0.05) is 36.4 Å². The molecule has 150 valence electrons. The van der Waals surface area contributed by atoms with Gasteiger partial charge in [-0.15, -0.1) is 0 Å². The van der Waals surface area contributed by atoms with E-state index in [9.17, 15) is 23.1 Å². The average molecular weight is 412 g/mol. The number of carbonyl (C=O) groups excluding carboxylic acids is 1. The minimum Gasteiger partial charge on any atom is -0.478 e. The van der Waals surface area contributed by atoms with E-state index in [1.165, 1.54) is 6.07 Å². The topological polar surface area (TPSA) is 113 Å². The third kappa shape index (κ3) is 5.55. The van der Waals surface area contributed by atoms with Crippen molar-refractivity contribution in [1.29, 1.82) is 0 Å². The Balaban J connectivity index is 1.67. The molecule has 0 radical (unpaired) electrons. The van der Waals surface area contributed by atoms with Crippen molar-refractivity contribution in [3.63, 3.8) is 0 Å². The number of sulfonamides is 1. The highest BCUT2D eigenvalue weighted by Crippen LogP contribution is 2.22. The van der Waals surface area contributed by atoms with E-state index in [2.05, 4.69) is 10.0 Å². The maximum Gasteiger partial charge on any atom is 0.337 e. The third-order valence-corrected chi connectivity index (χ3v) is 4.89. The minimum atomic E-state index is -3.34. The minimum absolute atomic E-state index is 0.0464. The monoisotopic (exact) mass is 412 g/mol. The largest absolute Gasteiger partial charge is 0.478 e. The van der Waals surface area contributed by atoms with Crippen molar-refractivity contribution < 1.29 is 23.1 Å². The summed E-state index contributed by atoms with van der Waals surface area (Å²) in [6.07, 6.45) is 1.79. The molecule has 3 aromatic rings. The number of carboxylic acids is 1. The Bertz CT molecular complexity index is 1190. The highest BCUT2D eigenvalue weighted by Gasteiger charge is 2.12. The molecule has 0 spiro atoms. The van der Waals surface area contributed by atoms with Gasteiger partial charge in [-0.25, -0.2) is 13.2 Å².